The molecule has 1 aromatic rings. The number of nitrogens with zero attached hydrogens (tertiary/aromatic N) is 1. The number of hydrogen-bond acceptors (Lipinski definition) is 5. The predicted octanol–water partition coefficient (Wildman–Crippen LogP) is 1.72. The van der Waals surface area contributed by atoms with E-state index in [0.29, 0.717) is 22.8 Å². The molecule has 0 aromatic heterocycles. The minimum absolute atomic E-state index is 0.179. The fraction of sp³-hybridized carbons (Fsp3) is 0.143. The number of rotatable bonds is 2. The molecule has 0 unspecified atom stereocenters. The van der Waals surface area contributed by atoms with Crippen LogP contribution in [0.5, 0.6) is 5.75 Å². The van der Waals surface area contributed by atoms with Crippen molar-refractivity contribution in [3.63, 3.8) is 0 Å². The average molecular weight is 257 g/mol. The second kappa shape index (κ2) is 4.97. The third kappa shape index (κ3) is 2.65. The number of nitrogen functional groups attached to an aromatic ring is 1. The Hall–Kier alpha value is -2.56. The maximum atomic E-state index is 11.4. The molecule has 0 radical (unpaired) electrons. The molecule has 98 valence electrons. The van der Waals surface area contributed by atoms with Crippen LogP contribution in [-0.4, -0.2) is 18.6 Å². The molecule has 1 aliphatic rings. The normalized spacial score (nSPS) is 17.2. The van der Waals surface area contributed by atoms with Gasteiger partial charge in [-0.15, -0.1) is 0 Å². The summed E-state index contributed by atoms with van der Waals surface area (Å²) in [6, 6.07) is 5.19. The van der Waals surface area contributed by atoms with Gasteiger partial charge in [0, 0.05) is 11.8 Å². The first-order valence-corrected chi connectivity index (χ1v) is 5.73. The summed E-state index contributed by atoms with van der Waals surface area (Å²) in [6.45, 7) is 1.81. The van der Waals surface area contributed by atoms with Crippen molar-refractivity contribution in [1.82, 2.24) is 0 Å². The maximum absolute atomic E-state index is 11.4. The number of ether oxygens (including phenoxy) is 1. The number of ketones is 1. The molecule has 0 heterocycles. The fourth-order valence-electron chi connectivity index (χ4n) is 1.72. The summed E-state index contributed by atoms with van der Waals surface area (Å²) in [5, 5.41) is 0. The van der Waals surface area contributed by atoms with Crippen LogP contribution in [0, 0.1) is 0 Å². The van der Waals surface area contributed by atoms with E-state index in [1.54, 1.807) is 31.4 Å². The van der Waals surface area contributed by atoms with Crippen LogP contribution in [0.1, 0.15) is 6.92 Å². The molecule has 0 aliphatic heterocycles. The third-order valence-electron chi connectivity index (χ3n) is 2.77. The topological polar surface area (TPSA) is 90.7 Å². The molecule has 0 atom stereocenters. The first kappa shape index (κ1) is 12.9. The molecule has 1 aromatic carbocycles. The van der Waals surface area contributed by atoms with Gasteiger partial charge in [0.15, 0.2) is 0 Å². The maximum Gasteiger partial charge on any atom is 0.201 e. The molecule has 5 heteroatoms. The van der Waals surface area contributed by atoms with E-state index in [4.69, 9.17) is 16.2 Å². The molecule has 1 aliphatic carbocycles. The molecule has 4 N–H and O–H groups in total. The molecular weight excluding hydrogens is 242 g/mol. The number of aliphatic imine (C=N–C) groups is 1. The second-order valence-electron chi connectivity index (χ2n) is 4.22. The highest BCUT2D eigenvalue weighted by atomic mass is 16.5. The van der Waals surface area contributed by atoms with Gasteiger partial charge < -0.3 is 16.2 Å². The Morgan fingerprint density at radius 2 is 1.95 bits per heavy atom. The van der Waals surface area contributed by atoms with Crippen LogP contribution in [0.4, 0.5) is 11.4 Å². The average Bonchev–Trinajstić information content (AvgIpc) is 2.37. The van der Waals surface area contributed by atoms with Crippen molar-refractivity contribution >= 4 is 22.9 Å². The van der Waals surface area contributed by atoms with E-state index >= 15 is 0 Å². The summed E-state index contributed by atoms with van der Waals surface area (Å²) in [7, 11) is 1.55. The van der Waals surface area contributed by atoms with Crippen LogP contribution in [0.15, 0.2) is 46.6 Å². The SMILES string of the molecule is COc1cc(N)ccc1N=C1C=C(N)C(=O)C=C1C. The van der Waals surface area contributed by atoms with Crippen LogP contribution in [0.3, 0.4) is 0 Å². The van der Waals surface area contributed by atoms with Crippen molar-refractivity contribution < 1.29 is 9.53 Å². The Kier molecular flexibility index (Phi) is 3.37. The smallest absolute Gasteiger partial charge is 0.201 e. The molecule has 0 bridgehead atoms. The highest BCUT2D eigenvalue weighted by Crippen LogP contribution is 2.30. The highest BCUT2D eigenvalue weighted by molar-refractivity contribution is 6.21. The molecule has 0 spiro atoms. The van der Waals surface area contributed by atoms with Crippen molar-refractivity contribution in [2.75, 3.05) is 12.8 Å². The Bertz CT molecular complexity index is 628. The molecule has 0 fully saturated rings. The molecule has 0 saturated heterocycles. The van der Waals surface area contributed by atoms with Gasteiger partial charge in [0.1, 0.15) is 11.4 Å². The van der Waals surface area contributed by atoms with Gasteiger partial charge in [0.25, 0.3) is 0 Å². The second-order valence-corrected chi connectivity index (χ2v) is 4.22. The summed E-state index contributed by atoms with van der Waals surface area (Å²) in [4.78, 5) is 15.9. The number of methoxy groups -OCH3 is 1. The minimum Gasteiger partial charge on any atom is -0.494 e. The molecule has 19 heavy (non-hydrogen) atoms. The van der Waals surface area contributed by atoms with Gasteiger partial charge in [-0.2, -0.15) is 0 Å². The van der Waals surface area contributed by atoms with E-state index in [1.807, 2.05) is 6.92 Å². The number of carbonyl (C=O) groups excluding carboxylic acids is 1. The number of nitrogens with two attached hydrogens (primary N) is 2. The zero-order valence-electron chi connectivity index (χ0n) is 10.8. The van der Waals surface area contributed by atoms with E-state index in [-0.39, 0.29) is 11.5 Å². The lowest BCUT2D eigenvalue weighted by molar-refractivity contribution is -0.111. The molecular formula is C14H15N3O2. The Morgan fingerprint density at radius 3 is 2.63 bits per heavy atom. The van der Waals surface area contributed by atoms with Crippen LogP contribution in [0.25, 0.3) is 0 Å². The number of hydrogen-bond donors (Lipinski definition) is 2. The van der Waals surface area contributed by atoms with Gasteiger partial charge in [0.05, 0.1) is 18.5 Å². The van der Waals surface area contributed by atoms with E-state index in [0.717, 1.165) is 5.57 Å². The Labute approximate surface area is 111 Å². The van der Waals surface area contributed by atoms with Gasteiger partial charge >= 0.3 is 0 Å². The van der Waals surface area contributed by atoms with Crippen molar-refractivity contribution in [3.8, 4) is 5.75 Å². The lowest BCUT2D eigenvalue weighted by Gasteiger charge is -2.11. The van der Waals surface area contributed by atoms with Crippen LogP contribution in [-0.2, 0) is 4.79 Å². The first-order valence-electron chi connectivity index (χ1n) is 5.73. The Balaban J connectivity index is 2.47. The van der Waals surface area contributed by atoms with Crippen LogP contribution < -0.4 is 16.2 Å². The molecule has 0 saturated carbocycles. The zero-order valence-corrected chi connectivity index (χ0v) is 10.8. The van der Waals surface area contributed by atoms with Crippen LogP contribution >= 0.6 is 0 Å². The molecule has 0 amide bonds. The van der Waals surface area contributed by atoms with E-state index in [9.17, 15) is 4.79 Å². The zero-order chi connectivity index (χ0) is 14.0. The fourth-order valence-corrected chi connectivity index (χ4v) is 1.72. The van der Waals surface area contributed by atoms with E-state index in [1.165, 1.54) is 6.08 Å². The number of allylic oxidation sites excluding steroid dienone is 3. The summed E-state index contributed by atoms with van der Waals surface area (Å²) >= 11 is 0. The monoisotopic (exact) mass is 257 g/mol. The largest absolute Gasteiger partial charge is 0.494 e. The third-order valence-corrected chi connectivity index (χ3v) is 2.77. The number of anilines is 1. The van der Waals surface area contributed by atoms with Crippen LogP contribution in [0.2, 0.25) is 0 Å². The first-order chi connectivity index (χ1) is 9.01. The van der Waals surface area contributed by atoms with Gasteiger partial charge in [-0.1, -0.05) is 0 Å². The molecule has 5 nitrogen and oxygen atoms in total. The standard InChI is InChI=1S/C14H15N3O2/c1-8-5-13(18)10(16)7-12(8)17-11-4-3-9(15)6-14(11)19-2/h3-7H,15-16H2,1-2H3. The predicted molar refractivity (Wildman–Crippen MR) is 75.5 cm³/mol. The summed E-state index contributed by atoms with van der Waals surface area (Å²) in [5.41, 5.74) is 14.1. The lowest BCUT2D eigenvalue weighted by Crippen LogP contribution is -2.17. The van der Waals surface area contributed by atoms with Crippen molar-refractivity contribution in [2.45, 2.75) is 6.92 Å². The summed E-state index contributed by atoms with van der Waals surface area (Å²) in [6.07, 6.45) is 3.03. The van der Waals surface area contributed by atoms with Gasteiger partial charge in [0.2, 0.25) is 5.78 Å². The highest BCUT2D eigenvalue weighted by Gasteiger charge is 2.14. The van der Waals surface area contributed by atoms with Gasteiger partial charge in [-0.3, -0.25) is 4.79 Å². The van der Waals surface area contributed by atoms with E-state index in [2.05, 4.69) is 4.99 Å². The minimum atomic E-state index is -0.194. The van der Waals surface area contributed by atoms with E-state index < -0.39 is 0 Å². The van der Waals surface area contributed by atoms with Gasteiger partial charge in [-0.05, 0) is 36.8 Å². The summed E-state index contributed by atoms with van der Waals surface area (Å²) in [5.74, 6) is 0.380. The summed E-state index contributed by atoms with van der Waals surface area (Å²) < 4.78 is 5.23. The van der Waals surface area contributed by atoms with Gasteiger partial charge in [-0.25, -0.2) is 4.99 Å². The lowest BCUT2D eigenvalue weighted by atomic mass is 10.0. The van der Waals surface area contributed by atoms with Crippen molar-refractivity contribution in [2.24, 2.45) is 10.7 Å². The number of carbonyl (C=O) groups is 1. The van der Waals surface area contributed by atoms with Crippen molar-refractivity contribution in [1.29, 1.82) is 0 Å². The molecule has 2 rings (SSSR count). The number of benzene rings is 1. The quantitative estimate of drug-likeness (QED) is 0.623. The van der Waals surface area contributed by atoms with Crippen molar-refractivity contribution in [3.05, 3.63) is 41.6 Å². The Morgan fingerprint density at radius 1 is 1.21 bits per heavy atom.